The SMILES string of the molecule is CSc1ccccc1NC1CCCN(C(C)C)CC1. The Morgan fingerprint density at radius 3 is 2.74 bits per heavy atom. The van der Waals surface area contributed by atoms with Crippen LogP contribution in [0, 0.1) is 0 Å². The maximum absolute atomic E-state index is 3.75. The van der Waals surface area contributed by atoms with Crippen molar-refractivity contribution in [3.63, 3.8) is 0 Å². The van der Waals surface area contributed by atoms with Gasteiger partial charge in [-0.15, -0.1) is 11.8 Å². The van der Waals surface area contributed by atoms with Crippen LogP contribution in [0.25, 0.3) is 0 Å². The summed E-state index contributed by atoms with van der Waals surface area (Å²) in [6.07, 6.45) is 5.98. The van der Waals surface area contributed by atoms with Crippen molar-refractivity contribution >= 4 is 17.4 Å². The highest BCUT2D eigenvalue weighted by Gasteiger charge is 2.18. The van der Waals surface area contributed by atoms with Crippen LogP contribution in [0.4, 0.5) is 5.69 Å². The number of hydrogen-bond acceptors (Lipinski definition) is 3. The molecule has 0 aromatic heterocycles. The molecule has 2 nitrogen and oxygen atoms in total. The van der Waals surface area contributed by atoms with Gasteiger partial charge >= 0.3 is 0 Å². The molecular formula is C16H26N2S. The first kappa shape index (κ1) is 14.7. The second-order valence-corrected chi connectivity index (χ2v) is 6.45. The first-order chi connectivity index (χ1) is 9.20. The molecule has 1 aliphatic heterocycles. The average Bonchev–Trinajstić information content (AvgIpc) is 2.65. The third-order valence-corrected chi connectivity index (χ3v) is 4.76. The molecule has 0 saturated carbocycles. The van der Waals surface area contributed by atoms with Crippen LogP contribution in [0.2, 0.25) is 0 Å². The molecule has 1 unspecified atom stereocenters. The van der Waals surface area contributed by atoms with Gasteiger partial charge in [-0.05, 0) is 58.0 Å². The normalized spacial score (nSPS) is 21.4. The predicted molar refractivity (Wildman–Crippen MR) is 86.2 cm³/mol. The van der Waals surface area contributed by atoms with Gasteiger partial charge in [0.2, 0.25) is 0 Å². The van der Waals surface area contributed by atoms with Gasteiger partial charge in [-0.3, -0.25) is 0 Å². The summed E-state index contributed by atoms with van der Waals surface area (Å²) in [4.78, 5) is 3.95. The van der Waals surface area contributed by atoms with Crippen LogP contribution in [0.15, 0.2) is 29.2 Å². The highest BCUT2D eigenvalue weighted by Crippen LogP contribution is 2.27. The van der Waals surface area contributed by atoms with E-state index in [1.165, 1.54) is 42.9 Å². The molecular weight excluding hydrogens is 252 g/mol. The molecule has 1 saturated heterocycles. The molecule has 0 amide bonds. The van der Waals surface area contributed by atoms with E-state index in [0.717, 1.165) is 0 Å². The minimum Gasteiger partial charge on any atom is -0.381 e. The standard InChI is InChI=1S/C16H26N2S/c1-13(2)18-11-6-7-14(10-12-18)17-15-8-4-5-9-16(15)19-3/h4-5,8-9,13-14,17H,6-7,10-12H2,1-3H3. The van der Waals surface area contributed by atoms with Gasteiger partial charge < -0.3 is 10.2 Å². The van der Waals surface area contributed by atoms with Crippen molar-refractivity contribution in [2.24, 2.45) is 0 Å². The zero-order valence-electron chi connectivity index (χ0n) is 12.4. The average molecular weight is 278 g/mol. The third kappa shape index (κ3) is 4.15. The number of hydrogen-bond donors (Lipinski definition) is 1. The van der Waals surface area contributed by atoms with Crippen LogP contribution in [0.5, 0.6) is 0 Å². The van der Waals surface area contributed by atoms with Crippen molar-refractivity contribution in [2.75, 3.05) is 24.7 Å². The Bertz CT molecular complexity index is 392. The Balaban J connectivity index is 1.96. The van der Waals surface area contributed by atoms with Crippen LogP contribution in [-0.2, 0) is 0 Å². The van der Waals surface area contributed by atoms with Gasteiger partial charge in [0.15, 0.2) is 0 Å². The first-order valence-electron chi connectivity index (χ1n) is 7.34. The smallest absolute Gasteiger partial charge is 0.0480 e. The Labute approximate surface area is 122 Å². The van der Waals surface area contributed by atoms with E-state index in [-0.39, 0.29) is 0 Å². The fraction of sp³-hybridized carbons (Fsp3) is 0.625. The fourth-order valence-corrected chi connectivity index (χ4v) is 3.32. The molecule has 1 heterocycles. The summed E-state index contributed by atoms with van der Waals surface area (Å²) in [6.45, 7) is 7.07. The van der Waals surface area contributed by atoms with E-state index in [0.29, 0.717) is 12.1 Å². The van der Waals surface area contributed by atoms with Crippen molar-refractivity contribution in [3.05, 3.63) is 24.3 Å². The van der Waals surface area contributed by atoms with Crippen molar-refractivity contribution in [2.45, 2.75) is 50.1 Å². The summed E-state index contributed by atoms with van der Waals surface area (Å²) in [6, 6.07) is 9.94. The van der Waals surface area contributed by atoms with Gasteiger partial charge in [-0.2, -0.15) is 0 Å². The summed E-state index contributed by atoms with van der Waals surface area (Å²) >= 11 is 1.82. The van der Waals surface area contributed by atoms with Crippen LogP contribution < -0.4 is 5.32 Å². The third-order valence-electron chi connectivity index (χ3n) is 3.96. The van der Waals surface area contributed by atoms with Crippen LogP contribution >= 0.6 is 11.8 Å². The van der Waals surface area contributed by atoms with Crippen LogP contribution in [-0.4, -0.2) is 36.3 Å². The molecule has 1 atom stereocenters. The molecule has 3 heteroatoms. The van der Waals surface area contributed by atoms with Gasteiger partial charge in [-0.25, -0.2) is 0 Å². The topological polar surface area (TPSA) is 15.3 Å². The number of anilines is 1. The lowest BCUT2D eigenvalue weighted by Gasteiger charge is -2.24. The largest absolute Gasteiger partial charge is 0.381 e. The minimum atomic E-state index is 0.622. The summed E-state index contributed by atoms with van der Waals surface area (Å²) < 4.78 is 0. The summed E-state index contributed by atoms with van der Waals surface area (Å²) in [7, 11) is 0. The molecule has 19 heavy (non-hydrogen) atoms. The minimum absolute atomic E-state index is 0.622. The van der Waals surface area contributed by atoms with Crippen molar-refractivity contribution < 1.29 is 0 Å². The van der Waals surface area contributed by atoms with Crippen LogP contribution in [0.3, 0.4) is 0 Å². The highest BCUT2D eigenvalue weighted by molar-refractivity contribution is 7.98. The molecule has 1 fully saturated rings. The molecule has 1 N–H and O–H groups in total. The van der Waals surface area contributed by atoms with E-state index in [1.807, 2.05) is 11.8 Å². The summed E-state index contributed by atoms with van der Waals surface area (Å²) in [5.41, 5.74) is 1.30. The maximum atomic E-state index is 3.75. The zero-order valence-corrected chi connectivity index (χ0v) is 13.2. The lowest BCUT2D eigenvalue weighted by Crippen LogP contribution is -2.32. The molecule has 0 aliphatic carbocycles. The monoisotopic (exact) mass is 278 g/mol. The number of thioether (sulfide) groups is 1. The van der Waals surface area contributed by atoms with E-state index in [1.54, 1.807) is 0 Å². The predicted octanol–water partition coefficient (Wildman–Crippen LogP) is 4.08. The van der Waals surface area contributed by atoms with E-state index in [2.05, 4.69) is 54.6 Å². The zero-order chi connectivity index (χ0) is 13.7. The van der Waals surface area contributed by atoms with E-state index in [9.17, 15) is 0 Å². The van der Waals surface area contributed by atoms with Gasteiger partial charge in [0, 0.05) is 29.2 Å². The summed E-state index contributed by atoms with van der Waals surface area (Å²) in [5.74, 6) is 0. The number of nitrogens with one attached hydrogen (secondary N) is 1. The first-order valence-corrected chi connectivity index (χ1v) is 8.56. The number of rotatable bonds is 4. The Hall–Kier alpha value is -0.670. The molecule has 106 valence electrons. The molecule has 2 rings (SSSR count). The number of para-hydroxylation sites is 1. The Kier molecular flexibility index (Phi) is 5.59. The lowest BCUT2D eigenvalue weighted by molar-refractivity contribution is 0.230. The number of benzene rings is 1. The molecule has 1 aromatic rings. The van der Waals surface area contributed by atoms with Crippen molar-refractivity contribution in [1.82, 2.24) is 4.90 Å². The maximum Gasteiger partial charge on any atom is 0.0480 e. The van der Waals surface area contributed by atoms with E-state index in [4.69, 9.17) is 0 Å². The summed E-state index contributed by atoms with van der Waals surface area (Å²) in [5, 5.41) is 3.75. The van der Waals surface area contributed by atoms with Crippen LogP contribution in [0.1, 0.15) is 33.1 Å². The molecule has 0 spiro atoms. The molecule has 0 radical (unpaired) electrons. The van der Waals surface area contributed by atoms with Gasteiger partial charge in [-0.1, -0.05) is 12.1 Å². The van der Waals surface area contributed by atoms with Gasteiger partial charge in [0.25, 0.3) is 0 Å². The van der Waals surface area contributed by atoms with Gasteiger partial charge in [0.1, 0.15) is 0 Å². The van der Waals surface area contributed by atoms with Crippen molar-refractivity contribution in [3.8, 4) is 0 Å². The molecule has 1 aliphatic rings. The Morgan fingerprint density at radius 1 is 1.21 bits per heavy atom. The second-order valence-electron chi connectivity index (χ2n) is 5.60. The Morgan fingerprint density at radius 2 is 2.00 bits per heavy atom. The second kappa shape index (κ2) is 7.20. The number of nitrogens with zero attached hydrogens (tertiary/aromatic N) is 1. The molecule has 0 bridgehead atoms. The quantitative estimate of drug-likeness (QED) is 0.835. The number of likely N-dealkylation sites (tertiary alicyclic amines) is 1. The van der Waals surface area contributed by atoms with E-state index >= 15 is 0 Å². The van der Waals surface area contributed by atoms with E-state index < -0.39 is 0 Å². The highest BCUT2D eigenvalue weighted by atomic mass is 32.2. The molecule has 1 aromatic carbocycles. The lowest BCUT2D eigenvalue weighted by atomic mass is 10.1. The fourth-order valence-electron chi connectivity index (χ4n) is 2.76. The van der Waals surface area contributed by atoms with Gasteiger partial charge in [0.05, 0.1) is 0 Å². The van der Waals surface area contributed by atoms with Crippen molar-refractivity contribution in [1.29, 1.82) is 0 Å².